The van der Waals surface area contributed by atoms with E-state index in [4.69, 9.17) is 5.11 Å². The van der Waals surface area contributed by atoms with Gasteiger partial charge in [-0.25, -0.2) is 0 Å². The number of hydrogen-bond acceptors (Lipinski definition) is 2. The fraction of sp³-hybridized carbons (Fsp3) is 0.857. The number of carbonyl (C=O) groups is 1. The van der Waals surface area contributed by atoms with Gasteiger partial charge in [-0.2, -0.15) is 0 Å². The van der Waals surface area contributed by atoms with Crippen molar-refractivity contribution in [3.8, 4) is 0 Å². The first kappa shape index (κ1) is 7.54. The van der Waals surface area contributed by atoms with E-state index in [2.05, 4.69) is 19.2 Å². The highest BCUT2D eigenvalue weighted by Crippen LogP contribution is 2.44. The first-order valence-corrected chi connectivity index (χ1v) is 3.47. The molecule has 1 unspecified atom stereocenters. The van der Waals surface area contributed by atoms with Crippen LogP contribution in [0.1, 0.15) is 20.3 Å². The molecule has 0 heterocycles. The first-order chi connectivity index (χ1) is 4.52. The summed E-state index contributed by atoms with van der Waals surface area (Å²) < 4.78 is 0. The Balaban J connectivity index is 2.13. The van der Waals surface area contributed by atoms with Gasteiger partial charge in [0, 0.05) is 6.04 Å². The molecule has 10 heavy (non-hydrogen) atoms. The van der Waals surface area contributed by atoms with Gasteiger partial charge >= 0.3 is 5.97 Å². The molecule has 2 N–H and O–H groups in total. The van der Waals surface area contributed by atoms with Crippen LogP contribution in [0.2, 0.25) is 0 Å². The van der Waals surface area contributed by atoms with Gasteiger partial charge in [0.15, 0.2) is 0 Å². The highest BCUT2D eigenvalue weighted by Gasteiger charge is 2.45. The fourth-order valence-corrected chi connectivity index (χ4v) is 1.03. The summed E-state index contributed by atoms with van der Waals surface area (Å²) in [5.74, 6) is -0.775. The summed E-state index contributed by atoms with van der Waals surface area (Å²) in [6.45, 7) is 4.35. The van der Waals surface area contributed by atoms with Gasteiger partial charge in [0.25, 0.3) is 0 Å². The van der Waals surface area contributed by atoms with E-state index in [1.807, 2.05) is 0 Å². The molecular weight excluding hydrogens is 130 g/mol. The van der Waals surface area contributed by atoms with E-state index in [1.165, 1.54) is 0 Å². The van der Waals surface area contributed by atoms with Crippen molar-refractivity contribution in [2.75, 3.05) is 6.54 Å². The molecule has 0 radical (unpaired) electrons. The van der Waals surface area contributed by atoms with Crippen LogP contribution in [0.3, 0.4) is 0 Å². The van der Waals surface area contributed by atoms with E-state index in [0.29, 0.717) is 11.5 Å². The molecule has 1 atom stereocenters. The molecule has 58 valence electrons. The molecule has 3 heteroatoms. The Bertz CT molecular complexity index is 154. The third-order valence-electron chi connectivity index (χ3n) is 2.01. The van der Waals surface area contributed by atoms with E-state index in [0.717, 1.165) is 6.42 Å². The van der Waals surface area contributed by atoms with Gasteiger partial charge in [-0.1, -0.05) is 13.8 Å². The van der Waals surface area contributed by atoms with E-state index >= 15 is 0 Å². The summed E-state index contributed by atoms with van der Waals surface area (Å²) in [6.07, 6.45) is 1.10. The van der Waals surface area contributed by atoms with Crippen LogP contribution in [-0.4, -0.2) is 23.7 Å². The molecule has 0 amide bonds. The van der Waals surface area contributed by atoms with Gasteiger partial charge in [-0.15, -0.1) is 0 Å². The van der Waals surface area contributed by atoms with Crippen LogP contribution in [-0.2, 0) is 4.79 Å². The van der Waals surface area contributed by atoms with Crippen molar-refractivity contribution >= 4 is 5.97 Å². The second kappa shape index (κ2) is 2.23. The zero-order valence-corrected chi connectivity index (χ0v) is 6.35. The molecule has 0 aromatic carbocycles. The van der Waals surface area contributed by atoms with E-state index in [-0.39, 0.29) is 6.54 Å². The van der Waals surface area contributed by atoms with Gasteiger partial charge in [0.1, 0.15) is 0 Å². The van der Waals surface area contributed by atoms with Crippen LogP contribution in [0, 0.1) is 5.41 Å². The van der Waals surface area contributed by atoms with Crippen molar-refractivity contribution in [2.45, 2.75) is 26.3 Å². The standard InChI is InChI=1S/C7H13NO2/c1-7(2)3-5(7)8-4-6(9)10/h5,8H,3-4H2,1-2H3,(H,9,10). The fourth-order valence-electron chi connectivity index (χ4n) is 1.03. The Morgan fingerprint density at radius 2 is 2.30 bits per heavy atom. The van der Waals surface area contributed by atoms with Crippen molar-refractivity contribution in [3.63, 3.8) is 0 Å². The number of carboxylic acids is 1. The van der Waals surface area contributed by atoms with E-state index in [9.17, 15) is 4.79 Å². The van der Waals surface area contributed by atoms with Crippen LogP contribution in [0.4, 0.5) is 0 Å². The number of aliphatic carboxylic acids is 1. The molecule has 1 fully saturated rings. The number of nitrogens with one attached hydrogen (secondary N) is 1. The lowest BCUT2D eigenvalue weighted by Gasteiger charge is -2.02. The van der Waals surface area contributed by atoms with Crippen LogP contribution >= 0.6 is 0 Å². The van der Waals surface area contributed by atoms with Crippen LogP contribution in [0.15, 0.2) is 0 Å². The molecular formula is C7H13NO2. The maximum atomic E-state index is 10.1. The van der Waals surface area contributed by atoms with Gasteiger partial charge in [0.05, 0.1) is 6.54 Å². The molecule has 0 aromatic rings. The minimum absolute atomic E-state index is 0.0914. The summed E-state index contributed by atoms with van der Waals surface area (Å²) in [5, 5.41) is 11.2. The third-order valence-corrected chi connectivity index (χ3v) is 2.01. The number of rotatable bonds is 3. The molecule has 3 nitrogen and oxygen atoms in total. The quantitative estimate of drug-likeness (QED) is 0.603. The first-order valence-electron chi connectivity index (χ1n) is 3.47. The molecule has 1 aliphatic rings. The largest absolute Gasteiger partial charge is 0.480 e. The SMILES string of the molecule is CC1(C)CC1NCC(=O)O. The monoisotopic (exact) mass is 143 g/mol. The Hall–Kier alpha value is -0.570. The molecule has 1 rings (SSSR count). The van der Waals surface area contributed by atoms with Crippen LogP contribution in [0.25, 0.3) is 0 Å². The maximum absolute atomic E-state index is 10.1. The molecule has 0 saturated heterocycles. The van der Waals surface area contributed by atoms with Gasteiger partial charge in [-0.3, -0.25) is 4.79 Å². The normalized spacial score (nSPS) is 28.0. The van der Waals surface area contributed by atoms with Crippen molar-refractivity contribution in [1.29, 1.82) is 0 Å². The minimum atomic E-state index is -0.775. The van der Waals surface area contributed by atoms with Gasteiger partial charge in [-0.05, 0) is 11.8 Å². The Labute approximate surface area is 60.4 Å². The molecule has 0 aromatic heterocycles. The van der Waals surface area contributed by atoms with Crippen molar-refractivity contribution < 1.29 is 9.90 Å². The number of hydrogen-bond donors (Lipinski definition) is 2. The second-order valence-electron chi connectivity index (χ2n) is 3.52. The average Bonchev–Trinajstić information content (AvgIpc) is 2.35. The molecule has 1 saturated carbocycles. The topological polar surface area (TPSA) is 49.3 Å². The summed E-state index contributed by atoms with van der Waals surface area (Å²) in [5.41, 5.74) is 0.329. The van der Waals surface area contributed by atoms with Gasteiger partial charge in [0.2, 0.25) is 0 Å². The lowest BCUT2D eigenvalue weighted by atomic mass is 10.2. The second-order valence-corrected chi connectivity index (χ2v) is 3.52. The molecule has 0 spiro atoms. The smallest absolute Gasteiger partial charge is 0.317 e. The van der Waals surface area contributed by atoms with E-state index < -0.39 is 5.97 Å². The zero-order chi connectivity index (χ0) is 7.78. The Morgan fingerprint density at radius 1 is 1.80 bits per heavy atom. The summed E-state index contributed by atoms with van der Waals surface area (Å²) in [6, 6.07) is 0.420. The van der Waals surface area contributed by atoms with E-state index in [1.54, 1.807) is 0 Å². The summed E-state index contributed by atoms with van der Waals surface area (Å²) in [7, 11) is 0. The summed E-state index contributed by atoms with van der Waals surface area (Å²) >= 11 is 0. The average molecular weight is 143 g/mol. The zero-order valence-electron chi connectivity index (χ0n) is 6.35. The Kier molecular flexibility index (Phi) is 1.68. The van der Waals surface area contributed by atoms with Gasteiger partial charge < -0.3 is 10.4 Å². The molecule has 0 bridgehead atoms. The lowest BCUT2D eigenvalue weighted by molar-refractivity contribution is -0.136. The lowest BCUT2D eigenvalue weighted by Crippen LogP contribution is -2.27. The van der Waals surface area contributed by atoms with Crippen molar-refractivity contribution in [2.24, 2.45) is 5.41 Å². The highest BCUT2D eigenvalue weighted by atomic mass is 16.4. The summed E-state index contributed by atoms with van der Waals surface area (Å²) in [4.78, 5) is 10.1. The Morgan fingerprint density at radius 3 is 2.60 bits per heavy atom. The molecule has 1 aliphatic carbocycles. The van der Waals surface area contributed by atoms with Crippen LogP contribution < -0.4 is 5.32 Å². The van der Waals surface area contributed by atoms with Crippen molar-refractivity contribution in [3.05, 3.63) is 0 Å². The molecule has 0 aliphatic heterocycles. The van der Waals surface area contributed by atoms with Crippen LogP contribution in [0.5, 0.6) is 0 Å². The predicted molar refractivity (Wildman–Crippen MR) is 37.8 cm³/mol. The minimum Gasteiger partial charge on any atom is -0.480 e. The predicted octanol–water partition coefficient (Wildman–Crippen LogP) is 0.459. The maximum Gasteiger partial charge on any atom is 0.317 e. The number of carboxylic acid groups (broad SMARTS) is 1. The third kappa shape index (κ3) is 1.70. The van der Waals surface area contributed by atoms with Crippen molar-refractivity contribution in [1.82, 2.24) is 5.32 Å². The highest BCUT2D eigenvalue weighted by molar-refractivity contribution is 5.69.